The van der Waals surface area contributed by atoms with E-state index in [0.29, 0.717) is 18.0 Å². The lowest BCUT2D eigenvalue weighted by Crippen LogP contribution is -2.47. The highest BCUT2D eigenvalue weighted by atomic mass is 16.2. The third-order valence-corrected chi connectivity index (χ3v) is 4.60. The molecule has 2 rings (SSSR count). The number of likely N-dealkylation sites (N-methyl/N-ethyl adjacent to an activating group) is 1. The lowest BCUT2D eigenvalue weighted by atomic mass is 9.99. The van der Waals surface area contributed by atoms with E-state index in [0.717, 1.165) is 38.9 Å². The van der Waals surface area contributed by atoms with E-state index in [1.54, 1.807) is 0 Å². The summed E-state index contributed by atoms with van der Waals surface area (Å²) in [7, 11) is 4.23. The van der Waals surface area contributed by atoms with Crippen LogP contribution in [0.3, 0.4) is 0 Å². The van der Waals surface area contributed by atoms with Gasteiger partial charge in [0.2, 0.25) is 5.91 Å². The van der Waals surface area contributed by atoms with Crippen LogP contribution in [0.15, 0.2) is 0 Å². The van der Waals surface area contributed by atoms with Gasteiger partial charge in [0.15, 0.2) is 0 Å². The van der Waals surface area contributed by atoms with Crippen molar-refractivity contribution in [1.82, 2.24) is 15.1 Å². The van der Waals surface area contributed by atoms with E-state index in [-0.39, 0.29) is 0 Å². The van der Waals surface area contributed by atoms with Crippen LogP contribution in [0, 0.1) is 0 Å². The molecule has 2 fully saturated rings. The average molecular weight is 267 g/mol. The van der Waals surface area contributed by atoms with Crippen LogP contribution in [-0.4, -0.2) is 61.5 Å². The first-order valence-corrected chi connectivity index (χ1v) is 7.84. The number of hydrogen-bond donors (Lipinski definition) is 1. The summed E-state index contributed by atoms with van der Waals surface area (Å²) in [6, 6.07) is 1.12. The summed E-state index contributed by atoms with van der Waals surface area (Å²) in [6.45, 7) is 3.01. The molecule has 0 aromatic rings. The molecular formula is C15H29N3O. The number of piperidine rings is 2. The normalized spacial score (nSPS) is 28.7. The van der Waals surface area contributed by atoms with Gasteiger partial charge in [-0.25, -0.2) is 0 Å². The fourth-order valence-electron chi connectivity index (χ4n) is 3.23. The lowest BCUT2D eigenvalue weighted by Gasteiger charge is -2.36. The third kappa shape index (κ3) is 4.46. The van der Waals surface area contributed by atoms with Gasteiger partial charge in [0.05, 0.1) is 0 Å². The Hall–Kier alpha value is -0.610. The molecule has 2 unspecified atom stereocenters. The smallest absolute Gasteiger partial charge is 0.222 e. The maximum atomic E-state index is 12.3. The second-order valence-corrected chi connectivity index (χ2v) is 6.28. The van der Waals surface area contributed by atoms with Gasteiger partial charge in [-0.05, 0) is 52.7 Å². The number of amides is 1. The van der Waals surface area contributed by atoms with Crippen molar-refractivity contribution in [3.63, 3.8) is 0 Å². The molecule has 0 bridgehead atoms. The van der Waals surface area contributed by atoms with Crippen molar-refractivity contribution in [2.24, 2.45) is 0 Å². The van der Waals surface area contributed by atoms with Crippen molar-refractivity contribution in [2.45, 2.75) is 57.0 Å². The number of likely N-dealkylation sites (tertiary alicyclic amines) is 1. The fourth-order valence-corrected chi connectivity index (χ4v) is 3.23. The second kappa shape index (κ2) is 7.25. The van der Waals surface area contributed by atoms with Crippen LogP contribution in [0.2, 0.25) is 0 Å². The standard InChI is InChI=1S/C15H29N3O/c1-17(2)14-7-5-11-18(12-14)15(19)9-8-13-6-3-4-10-16-13/h13-14,16H,3-12H2,1-2H3. The lowest BCUT2D eigenvalue weighted by molar-refractivity contribution is -0.133. The topological polar surface area (TPSA) is 35.6 Å². The molecule has 4 heteroatoms. The zero-order valence-corrected chi connectivity index (χ0v) is 12.5. The van der Waals surface area contributed by atoms with Crippen LogP contribution in [0.5, 0.6) is 0 Å². The molecule has 2 heterocycles. The molecule has 0 spiro atoms. The Kier molecular flexibility index (Phi) is 5.64. The first kappa shape index (κ1) is 14.8. The van der Waals surface area contributed by atoms with Crippen molar-refractivity contribution in [2.75, 3.05) is 33.7 Å². The van der Waals surface area contributed by atoms with Crippen molar-refractivity contribution in [1.29, 1.82) is 0 Å². The minimum absolute atomic E-state index is 0.360. The zero-order chi connectivity index (χ0) is 13.7. The van der Waals surface area contributed by atoms with Crippen LogP contribution < -0.4 is 5.32 Å². The molecule has 2 aliphatic rings. The van der Waals surface area contributed by atoms with Gasteiger partial charge in [-0.15, -0.1) is 0 Å². The molecular weight excluding hydrogens is 238 g/mol. The number of nitrogens with zero attached hydrogens (tertiary/aromatic N) is 2. The largest absolute Gasteiger partial charge is 0.341 e. The highest BCUT2D eigenvalue weighted by Gasteiger charge is 2.25. The predicted molar refractivity (Wildman–Crippen MR) is 78.2 cm³/mol. The molecule has 19 heavy (non-hydrogen) atoms. The number of carbonyl (C=O) groups is 1. The van der Waals surface area contributed by atoms with Crippen molar-refractivity contribution >= 4 is 5.91 Å². The molecule has 1 amide bonds. The van der Waals surface area contributed by atoms with Crippen LogP contribution in [0.4, 0.5) is 0 Å². The Morgan fingerprint density at radius 2 is 2.11 bits per heavy atom. The molecule has 0 aromatic carbocycles. The van der Waals surface area contributed by atoms with Crippen LogP contribution >= 0.6 is 0 Å². The molecule has 0 radical (unpaired) electrons. The van der Waals surface area contributed by atoms with Crippen LogP contribution in [0.1, 0.15) is 44.9 Å². The summed E-state index contributed by atoms with van der Waals surface area (Å²) in [6.07, 6.45) is 7.96. The minimum Gasteiger partial charge on any atom is -0.341 e. The number of rotatable bonds is 4. The molecule has 2 atom stereocenters. The monoisotopic (exact) mass is 267 g/mol. The Bertz CT molecular complexity index is 287. The molecule has 0 aliphatic carbocycles. The third-order valence-electron chi connectivity index (χ3n) is 4.60. The van der Waals surface area contributed by atoms with Gasteiger partial charge < -0.3 is 15.1 Å². The van der Waals surface area contributed by atoms with Gasteiger partial charge >= 0.3 is 0 Å². The molecule has 0 saturated carbocycles. The highest BCUT2D eigenvalue weighted by molar-refractivity contribution is 5.76. The molecule has 0 aromatic heterocycles. The second-order valence-electron chi connectivity index (χ2n) is 6.28. The molecule has 2 saturated heterocycles. The minimum atomic E-state index is 0.360. The first-order valence-electron chi connectivity index (χ1n) is 7.84. The summed E-state index contributed by atoms with van der Waals surface area (Å²) < 4.78 is 0. The molecule has 2 aliphatic heterocycles. The highest BCUT2D eigenvalue weighted by Crippen LogP contribution is 2.17. The summed E-state index contributed by atoms with van der Waals surface area (Å²) in [5.41, 5.74) is 0. The van der Waals surface area contributed by atoms with E-state index in [9.17, 15) is 4.79 Å². The van der Waals surface area contributed by atoms with Crippen molar-refractivity contribution in [3.05, 3.63) is 0 Å². The summed E-state index contributed by atoms with van der Waals surface area (Å²) in [5, 5.41) is 3.53. The van der Waals surface area contributed by atoms with E-state index in [2.05, 4.69) is 29.2 Å². The predicted octanol–water partition coefficient (Wildman–Crippen LogP) is 1.46. The van der Waals surface area contributed by atoms with Gasteiger partial charge in [-0.1, -0.05) is 6.42 Å². The number of nitrogens with one attached hydrogen (secondary N) is 1. The summed E-state index contributed by atoms with van der Waals surface area (Å²) >= 11 is 0. The van der Waals surface area contributed by atoms with E-state index >= 15 is 0 Å². The fraction of sp³-hybridized carbons (Fsp3) is 0.933. The summed E-state index contributed by atoms with van der Waals surface area (Å²) in [4.78, 5) is 16.6. The van der Waals surface area contributed by atoms with Gasteiger partial charge in [0.1, 0.15) is 0 Å². The Morgan fingerprint density at radius 3 is 2.79 bits per heavy atom. The molecule has 4 nitrogen and oxygen atoms in total. The van der Waals surface area contributed by atoms with E-state index in [1.807, 2.05) is 0 Å². The average Bonchev–Trinajstić information content (AvgIpc) is 2.46. The first-order chi connectivity index (χ1) is 9.16. The van der Waals surface area contributed by atoms with Gasteiger partial charge in [0.25, 0.3) is 0 Å². The van der Waals surface area contributed by atoms with Crippen LogP contribution in [0.25, 0.3) is 0 Å². The molecule has 1 N–H and O–H groups in total. The SMILES string of the molecule is CN(C)C1CCCN(C(=O)CCC2CCCCN2)C1. The van der Waals surface area contributed by atoms with Crippen molar-refractivity contribution in [3.8, 4) is 0 Å². The van der Waals surface area contributed by atoms with Crippen LogP contribution in [-0.2, 0) is 4.79 Å². The van der Waals surface area contributed by atoms with Crippen molar-refractivity contribution < 1.29 is 4.79 Å². The van der Waals surface area contributed by atoms with E-state index in [1.165, 1.54) is 25.7 Å². The quantitative estimate of drug-likeness (QED) is 0.837. The van der Waals surface area contributed by atoms with Gasteiger partial charge in [-0.2, -0.15) is 0 Å². The van der Waals surface area contributed by atoms with Gasteiger partial charge in [-0.3, -0.25) is 4.79 Å². The number of carbonyl (C=O) groups excluding carboxylic acids is 1. The number of hydrogen-bond acceptors (Lipinski definition) is 3. The summed E-state index contributed by atoms with van der Waals surface area (Å²) in [5.74, 6) is 0.360. The Balaban J connectivity index is 1.72. The Morgan fingerprint density at radius 1 is 1.26 bits per heavy atom. The molecule has 110 valence electrons. The maximum Gasteiger partial charge on any atom is 0.222 e. The maximum absolute atomic E-state index is 12.3. The van der Waals surface area contributed by atoms with E-state index in [4.69, 9.17) is 0 Å². The van der Waals surface area contributed by atoms with E-state index < -0.39 is 0 Å². The Labute approximate surface area is 117 Å². The zero-order valence-electron chi connectivity index (χ0n) is 12.5. The van der Waals surface area contributed by atoms with Gasteiger partial charge in [0, 0.05) is 31.6 Å².